The van der Waals surface area contributed by atoms with Crippen LogP contribution in [0.15, 0.2) is 30.3 Å². The zero-order chi connectivity index (χ0) is 17.7. The quantitative estimate of drug-likeness (QED) is 0.879. The molecular formula is C18H20FNO4. The molecule has 24 heavy (non-hydrogen) atoms. The minimum Gasteiger partial charge on any atom is -0.493 e. The van der Waals surface area contributed by atoms with Crippen LogP contribution < -0.4 is 19.5 Å². The van der Waals surface area contributed by atoms with Crippen LogP contribution in [0.25, 0.3) is 0 Å². The molecule has 1 N–H and O–H groups in total. The van der Waals surface area contributed by atoms with Crippen LogP contribution in [-0.4, -0.2) is 26.7 Å². The van der Waals surface area contributed by atoms with Crippen LogP contribution in [0, 0.1) is 19.7 Å². The van der Waals surface area contributed by atoms with E-state index in [-0.39, 0.29) is 12.4 Å². The van der Waals surface area contributed by atoms with Crippen molar-refractivity contribution in [3.8, 4) is 17.2 Å². The molecule has 0 atom stereocenters. The fourth-order valence-corrected chi connectivity index (χ4v) is 2.16. The van der Waals surface area contributed by atoms with E-state index in [9.17, 15) is 9.18 Å². The molecule has 5 nitrogen and oxygen atoms in total. The van der Waals surface area contributed by atoms with E-state index < -0.39 is 5.91 Å². The van der Waals surface area contributed by atoms with Gasteiger partial charge in [0.2, 0.25) is 5.75 Å². The summed E-state index contributed by atoms with van der Waals surface area (Å²) in [5.74, 6) is 0.497. The number of hydrogen-bond acceptors (Lipinski definition) is 4. The van der Waals surface area contributed by atoms with Crippen LogP contribution in [-0.2, 0) is 4.79 Å². The third kappa shape index (κ3) is 4.16. The largest absolute Gasteiger partial charge is 0.493 e. The fourth-order valence-electron chi connectivity index (χ4n) is 2.16. The predicted octanol–water partition coefficient (Wildman–Crippen LogP) is 3.48. The van der Waals surface area contributed by atoms with E-state index in [2.05, 4.69) is 5.32 Å². The molecule has 0 fully saturated rings. The molecule has 1 amide bonds. The summed E-state index contributed by atoms with van der Waals surface area (Å²) in [6.07, 6.45) is 0. The smallest absolute Gasteiger partial charge is 0.262 e. The molecule has 0 bridgehead atoms. The normalized spacial score (nSPS) is 10.2. The average Bonchev–Trinajstić information content (AvgIpc) is 2.56. The number of rotatable bonds is 6. The summed E-state index contributed by atoms with van der Waals surface area (Å²) < 4.78 is 29.6. The number of hydrogen-bond donors (Lipinski definition) is 1. The summed E-state index contributed by atoms with van der Waals surface area (Å²) in [7, 11) is 3.02. The molecule has 0 aliphatic carbocycles. The Balaban J connectivity index is 2.07. The molecular weight excluding hydrogens is 313 g/mol. The number of nitrogens with one attached hydrogen (secondary N) is 1. The van der Waals surface area contributed by atoms with Crippen molar-refractivity contribution in [3.05, 3.63) is 47.3 Å². The molecule has 128 valence electrons. The minimum absolute atomic E-state index is 0.259. The average molecular weight is 333 g/mol. The zero-order valence-electron chi connectivity index (χ0n) is 14.1. The lowest BCUT2D eigenvalue weighted by Gasteiger charge is -2.15. The molecule has 6 heteroatoms. The van der Waals surface area contributed by atoms with Gasteiger partial charge in [-0.05, 0) is 49.2 Å². The van der Waals surface area contributed by atoms with Crippen molar-refractivity contribution < 1.29 is 23.4 Å². The van der Waals surface area contributed by atoms with Crippen molar-refractivity contribution in [3.63, 3.8) is 0 Å². The van der Waals surface area contributed by atoms with Crippen molar-refractivity contribution in [2.75, 3.05) is 26.1 Å². The Morgan fingerprint density at radius 2 is 1.71 bits per heavy atom. The van der Waals surface area contributed by atoms with E-state index in [0.29, 0.717) is 28.5 Å². The van der Waals surface area contributed by atoms with Gasteiger partial charge >= 0.3 is 0 Å². The van der Waals surface area contributed by atoms with Crippen LogP contribution in [0.3, 0.4) is 0 Å². The number of amides is 1. The second kappa shape index (κ2) is 7.68. The van der Waals surface area contributed by atoms with E-state index in [0.717, 1.165) is 5.56 Å². The molecule has 0 heterocycles. The Morgan fingerprint density at radius 1 is 1.08 bits per heavy atom. The Kier molecular flexibility index (Phi) is 5.63. The number of methoxy groups -OCH3 is 2. The number of ether oxygens (including phenoxy) is 3. The highest BCUT2D eigenvalue weighted by Crippen LogP contribution is 2.38. The molecule has 2 aromatic rings. The Bertz CT molecular complexity index is 721. The fraction of sp³-hybridized carbons (Fsp3) is 0.278. The lowest BCUT2D eigenvalue weighted by atomic mass is 10.2. The summed E-state index contributed by atoms with van der Waals surface area (Å²) in [6, 6.07) is 8.05. The van der Waals surface area contributed by atoms with Gasteiger partial charge in [0.25, 0.3) is 5.91 Å². The summed E-state index contributed by atoms with van der Waals surface area (Å²) in [4.78, 5) is 12.0. The highest BCUT2D eigenvalue weighted by atomic mass is 19.1. The number of carbonyl (C=O) groups excluding carboxylic acids is 1. The van der Waals surface area contributed by atoms with Crippen LogP contribution in [0.5, 0.6) is 17.2 Å². The Labute approximate surface area is 140 Å². The van der Waals surface area contributed by atoms with Crippen molar-refractivity contribution >= 4 is 11.6 Å². The second-order valence-corrected chi connectivity index (χ2v) is 5.30. The zero-order valence-corrected chi connectivity index (χ0v) is 14.1. The summed E-state index contributed by atoms with van der Waals surface area (Å²) >= 11 is 0. The third-order valence-electron chi connectivity index (χ3n) is 3.41. The van der Waals surface area contributed by atoms with Gasteiger partial charge in [-0.2, -0.15) is 0 Å². The van der Waals surface area contributed by atoms with Gasteiger partial charge in [-0.25, -0.2) is 4.39 Å². The highest BCUT2D eigenvalue weighted by Gasteiger charge is 2.15. The predicted molar refractivity (Wildman–Crippen MR) is 89.5 cm³/mol. The molecule has 0 aliphatic rings. The van der Waals surface area contributed by atoms with Gasteiger partial charge in [0.15, 0.2) is 18.1 Å². The third-order valence-corrected chi connectivity index (χ3v) is 3.41. The van der Waals surface area contributed by atoms with Gasteiger partial charge in [0, 0.05) is 5.69 Å². The first-order valence-electron chi connectivity index (χ1n) is 7.36. The summed E-state index contributed by atoms with van der Waals surface area (Å²) in [6.45, 7) is 3.29. The monoisotopic (exact) mass is 333 g/mol. The Morgan fingerprint density at radius 3 is 2.25 bits per heavy atom. The van der Waals surface area contributed by atoms with E-state index in [1.807, 2.05) is 6.92 Å². The minimum atomic E-state index is -0.414. The van der Waals surface area contributed by atoms with Gasteiger partial charge < -0.3 is 19.5 Å². The molecule has 0 saturated carbocycles. The first-order chi connectivity index (χ1) is 11.4. The Hall–Kier alpha value is -2.76. The first kappa shape index (κ1) is 17.6. The van der Waals surface area contributed by atoms with E-state index in [1.54, 1.807) is 31.2 Å². The van der Waals surface area contributed by atoms with E-state index in [4.69, 9.17) is 14.2 Å². The van der Waals surface area contributed by atoms with Crippen molar-refractivity contribution in [2.45, 2.75) is 13.8 Å². The lowest BCUT2D eigenvalue weighted by Crippen LogP contribution is -2.20. The van der Waals surface area contributed by atoms with Gasteiger partial charge in [-0.3, -0.25) is 4.79 Å². The number of halogens is 1. The maximum absolute atomic E-state index is 13.5. The maximum Gasteiger partial charge on any atom is 0.262 e. The van der Waals surface area contributed by atoms with Gasteiger partial charge in [0.05, 0.1) is 14.2 Å². The summed E-state index contributed by atoms with van der Waals surface area (Å²) in [5.41, 5.74) is 1.82. The number of carbonyl (C=O) groups is 1. The lowest BCUT2D eigenvalue weighted by molar-refractivity contribution is -0.118. The van der Waals surface area contributed by atoms with Crippen molar-refractivity contribution in [1.29, 1.82) is 0 Å². The highest BCUT2D eigenvalue weighted by molar-refractivity contribution is 5.92. The molecule has 2 rings (SSSR count). The van der Waals surface area contributed by atoms with Gasteiger partial charge in [-0.1, -0.05) is 6.07 Å². The topological polar surface area (TPSA) is 56.8 Å². The standard InChI is InChI=1S/C18H20FNO4/c1-11-7-15(22-3)18(16(8-11)23-4)24-10-17(21)20-13-6-5-12(2)14(19)9-13/h5-9H,10H2,1-4H3,(H,20,21). The van der Waals surface area contributed by atoms with Crippen molar-refractivity contribution in [1.82, 2.24) is 0 Å². The molecule has 2 aromatic carbocycles. The molecule has 0 unspecified atom stereocenters. The number of aryl methyl sites for hydroxylation is 2. The van der Waals surface area contributed by atoms with Crippen molar-refractivity contribution in [2.24, 2.45) is 0 Å². The van der Waals surface area contributed by atoms with E-state index in [1.165, 1.54) is 20.3 Å². The van der Waals surface area contributed by atoms with Crippen LogP contribution in [0.2, 0.25) is 0 Å². The van der Waals surface area contributed by atoms with Gasteiger partial charge in [-0.15, -0.1) is 0 Å². The van der Waals surface area contributed by atoms with Gasteiger partial charge in [0.1, 0.15) is 5.82 Å². The molecule has 0 spiro atoms. The molecule has 0 aromatic heterocycles. The number of anilines is 1. The summed E-state index contributed by atoms with van der Waals surface area (Å²) in [5, 5.41) is 2.58. The first-order valence-corrected chi connectivity index (χ1v) is 7.36. The van der Waals surface area contributed by atoms with E-state index >= 15 is 0 Å². The second-order valence-electron chi connectivity index (χ2n) is 5.30. The van der Waals surface area contributed by atoms with Crippen LogP contribution in [0.4, 0.5) is 10.1 Å². The molecule has 0 radical (unpaired) electrons. The molecule has 0 aliphatic heterocycles. The SMILES string of the molecule is COc1cc(C)cc(OC)c1OCC(=O)Nc1ccc(C)c(F)c1. The maximum atomic E-state index is 13.5. The molecule has 0 saturated heterocycles. The van der Waals surface area contributed by atoms with Crippen LogP contribution in [0.1, 0.15) is 11.1 Å². The van der Waals surface area contributed by atoms with Crippen LogP contribution >= 0.6 is 0 Å². The number of benzene rings is 2.